The Morgan fingerprint density at radius 3 is 2.19 bits per heavy atom. The molecule has 0 aliphatic carbocycles. The highest BCUT2D eigenvalue weighted by molar-refractivity contribution is 5.98. The minimum atomic E-state index is -1.40. The van der Waals surface area contributed by atoms with E-state index in [4.69, 9.17) is 9.84 Å². The van der Waals surface area contributed by atoms with E-state index in [0.29, 0.717) is 5.56 Å². The first kappa shape index (κ1) is 15.0. The van der Waals surface area contributed by atoms with E-state index in [9.17, 15) is 9.59 Å². The summed E-state index contributed by atoms with van der Waals surface area (Å²) in [5.41, 5.74) is 1.80. The second kappa shape index (κ2) is 5.20. The highest BCUT2D eigenvalue weighted by atomic mass is 16.6. The van der Waals surface area contributed by atoms with Crippen LogP contribution in [0.3, 0.4) is 0 Å². The van der Waals surface area contributed by atoms with Crippen LogP contribution in [-0.2, 0) is 19.7 Å². The van der Waals surface area contributed by atoms with E-state index >= 15 is 0 Å². The van der Waals surface area contributed by atoms with Crippen LogP contribution >= 0.6 is 0 Å². The third kappa shape index (κ3) is 3.04. The summed E-state index contributed by atoms with van der Waals surface area (Å²) in [5, 5.41) is 13.8. The molecule has 1 unspecified atom stereocenters. The van der Waals surface area contributed by atoms with Crippen LogP contribution in [-0.4, -0.2) is 34.1 Å². The summed E-state index contributed by atoms with van der Waals surface area (Å²) in [7, 11) is 0. The zero-order chi connectivity index (χ0) is 15.8. The van der Waals surface area contributed by atoms with Crippen LogP contribution in [0.5, 0.6) is 0 Å². The number of hydrazone groups is 1. The molecule has 1 aromatic rings. The summed E-state index contributed by atoms with van der Waals surface area (Å²) in [4.78, 5) is 22.5. The Balaban J connectivity index is 2.29. The van der Waals surface area contributed by atoms with E-state index in [-0.39, 0.29) is 11.3 Å². The molecule has 1 aliphatic rings. The maximum absolute atomic E-state index is 11.4. The van der Waals surface area contributed by atoms with Crippen LogP contribution in [0.25, 0.3) is 0 Å². The van der Waals surface area contributed by atoms with Crippen LogP contribution < -0.4 is 0 Å². The molecule has 1 aliphatic heterocycles. The lowest BCUT2D eigenvalue weighted by Gasteiger charge is -2.19. The van der Waals surface area contributed by atoms with E-state index in [2.05, 4.69) is 25.9 Å². The molecule has 0 aromatic heterocycles. The Labute approximate surface area is 123 Å². The van der Waals surface area contributed by atoms with Crippen molar-refractivity contribution < 1.29 is 19.4 Å². The number of benzene rings is 1. The summed E-state index contributed by atoms with van der Waals surface area (Å²) in [5.74, 6) is -1.60. The number of carbonyl (C=O) groups excluding carboxylic acids is 1. The lowest BCUT2D eigenvalue weighted by molar-refractivity contribution is -0.159. The number of hydrogen-bond donors (Lipinski definition) is 1. The van der Waals surface area contributed by atoms with Crippen LogP contribution in [0, 0.1) is 0 Å². The van der Waals surface area contributed by atoms with Gasteiger partial charge in [0.05, 0.1) is 0 Å². The highest BCUT2D eigenvalue weighted by Crippen LogP contribution is 2.24. The molecule has 2 rings (SSSR count). The van der Waals surface area contributed by atoms with Gasteiger partial charge in [-0.3, -0.25) is 4.79 Å². The molecule has 0 bridgehead atoms. The monoisotopic (exact) mass is 290 g/mol. The van der Waals surface area contributed by atoms with Crippen LogP contribution in [0.1, 0.15) is 38.8 Å². The second-order valence-electron chi connectivity index (χ2n) is 5.90. The molecule has 0 saturated heterocycles. The molecule has 21 heavy (non-hydrogen) atoms. The lowest BCUT2D eigenvalue weighted by atomic mass is 9.87. The molecular weight excluding hydrogens is 272 g/mol. The van der Waals surface area contributed by atoms with Gasteiger partial charge in [-0.05, 0) is 23.1 Å². The van der Waals surface area contributed by atoms with Gasteiger partial charge in [0, 0.05) is 12.5 Å². The van der Waals surface area contributed by atoms with Gasteiger partial charge in [0.15, 0.2) is 0 Å². The molecule has 1 amide bonds. The maximum Gasteiger partial charge on any atom is 0.368 e. The van der Waals surface area contributed by atoms with E-state index in [1.54, 1.807) is 0 Å². The Bertz CT molecular complexity index is 599. The van der Waals surface area contributed by atoms with Gasteiger partial charge in [-0.25, -0.2) is 4.79 Å². The van der Waals surface area contributed by atoms with Crippen molar-refractivity contribution in [1.29, 1.82) is 0 Å². The number of nitrogens with zero attached hydrogens (tertiary/aromatic N) is 2. The minimum Gasteiger partial charge on any atom is -0.477 e. The van der Waals surface area contributed by atoms with E-state index in [0.717, 1.165) is 10.6 Å². The standard InChI is InChI=1S/C15H18N2O4/c1-9(18)17-13(14(19)20)21-12(16-17)10-5-7-11(8-6-10)15(2,3)4/h5-8,13H,1-4H3,(H,19,20). The van der Waals surface area contributed by atoms with Gasteiger partial charge in [-0.1, -0.05) is 32.9 Å². The average molecular weight is 290 g/mol. The lowest BCUT2D eigenvalue weighted by Crippen LogP contribution is -2.38. The second-order valence-corrected chi connectivity index (χ2v) is 5.90. The Morgan fingerprint density at radius 1 is 1.24 bits per heavy atom. The van der Waals surface area contributed by atoms with Crippen LogP contribution in [0.2, 0.25) is 0 Å². The number of amides is 1. The number of carbonyl (C=O) groups is 2. The molecule has 112 valence electrons. The highest BCUT2D eigenvalue weighted by Gasteiger charge is 2.37. The van der Waals surface area contributed by atoms with Crippen molar-refractivity contribution in [2.75, 3.05) is 0 Å². The third-order valence-electron chi connectivity index (χ3n) is 3.18. The summed E-state index contributed by atoms with van der Waals surface area (Å²) < 4.78 is 5.26. The zero-order valence-electron chi connectivity index (χ0n) is 12.5. The first-order chi connectivity index (χ1) is 9.70. The van der Waals surface area contributed by atoms with E-state index < -0.39 is 18.1 Å². The third-order valence-corrected chi connectivity index (χ3v) is 3.18. The topological polar surface area (TPSA) is 79.2 Å². The number of hydrogen-bond acceptors (Lipinski definition) is 4. The van der Waals surface area contributed by atoms with Crippen molar-refractivity contribution in [2.24, 2.45) is 5.10 Å². The van der Waals surface area contributed by atoms with Crippen LogP contribution in [0.4, 0.5) is 0 Å². The molecular formula is C15H18N2O4. The number of carboxylic acid groups (broad SMARTS) is 1. The SMILES string of the molecule is CC(=O)N1N=C(c2ccc(C(C)(C)C)cc2)OC1C(=O)O. The van der Waals surface area contributed by atoms with Gasteiger partial charge in [-0.15, -0.1) is 5.10 Å². The molecule has 0 saturated carbocycles. The van der Waals surface area contributed by atoms with Gasteiger partial charge < -0.3 is 9.84 Å². The van der Waals surface area contributed by atoms with E-state index in [1.807, 2.05) is 24.3 Å². The summed E-state index contributed by atoms with van der Waals surface area (Å²) in [6.45, 7) is 7.55. The van der Waals surface area contributed by atoms with Gasteiger partial charge >= 0.3 is 5.97 Å². The van der Waals surface area contributed by atoms with Gasteiger partial charge in [0.25, 0.3) is 6.23 Å². The molecule has 6 heteroatoms. The molecule has 0 radical (unpaired) electrons. The predicted octanol–water partition coefficient (Wildman–Crippen LogP) is 1.94. The van der Waals surface area contributed by atoms with Gasteiger partial charge in [0.1, 0.15) is 0 Å². The van der Waals surface area contributed by atoms with Crippen molar-refractivity contribution in [3.05, 3.63) is 35.4 Å². The number of aliphatic carboxylic acids is 1. The first-order valence-electron chi connectivity index (χ1n) is 6.59. The Morgan fingerprint density at radius 2 is 1.81 bits per heavy atom. The van der Waals surface area contributed by atoms with Gasteiger partial charge in [-0.2, -0.15) is 5.01 Å². The molecule has 1 heterocycles. The number of carboxylic acids is 1. The largest absolute Gasteiger partial charge is 0.477 e. The maximum atomic E-state index is 11.4. The summed E-state index contributed by atoms with van der Waals surface area (Å²) in [6.07, 6.45) is -1.40. The quantitative estimate of drug-likeness (QED) is 0.902. The fourth-order valence-corrected chi connectivity index (χ4v) is 1.96. The molecule has 1 N–H and O–H groups in total. The molecule has 1 atom stereocenters. The summed E-state index contributed by atoms with van der Waals surface area (Å²) in [6, 6.07) is 7.49. The molecule has 6 nitrogen and oxygen atoms in total. The van der Waals surface area contributed by atoms with E-state index in [1.165, 1.54) is 6.92 Å². The fourth-order valence-electron chi connectivity index (χ4n) is 1.96. The molecule has 0 fully saturated rings. The first-order valence-corrected chi connectivity index (χ1v) is 6.59. The Hall–Kier alpha value is -2.37. The Kier molecular flexibility index (Phi) is 3.72. The van der Waals surface area contributed by atoms with Crippen molar-refractivity contribution in [2.45, 2.75) is 39.3 Å². The molecule has 1 aromatic carbocycles. The zero-order valence-corrected chi connectivity index (χ0v) is 12.5. The normalized spacial score (nSPS) is 18.2. The van der Waals surface area contributed by atoms with Gasteiger partial charge in [0.2, 0.25) is 11.8 Å². The van der Waals surface area contributed by atoms with Crippen molar-refractivity contribution in [3.63, 3.8) is 0 Å². The average Bonchev–Trinajstić information content (AvgIpc) is 2.83. The van der Waals surface area contributed by atoms with Crippen molar-refractivity contribution >= 4 is 17.8 Å². The number of rotatable bonds is 2. The predicted molar refractivity (Wildman–Crippen MR) is 76.7 cm³/mol. The fraction of sp³-hybridized carbons (Fsp3) is 0.400. The smallest absolute Gasteiger partial charge is 0.368 e. The number of ether oxygens (including phenoxy) is 1. The molecule has 0 spiro atoms. The minimum absolute atomic E-state index is 0.0197. The van der Waals surface area contributed by atoms with Crippen LogP contribution in [0.15, 0.2) is 29.4 Å². The summed E-state index contributed by atoms with van der Waals surface area (Å²) >= 11 is 0. The van der Waals surface area contributed by atoms with Crippen molar-refractivity contribution in [3.8, 4) is 0 Å². The van der Waals surface area contributed by atoms with Crippen molar-refractivity contribution in [1.82, 2.24) is 5.01 Å².